The minimum atomic E-state index is -0.208. The average Bonchev–Trinajstić information content (AvgIpc) is 2.45. The number of nitrogens with one attached hydrogen (secondary N) is 1. The largest absolute Gasteiger partial charge is 0.383 e. The van der Waals surface area contributed by atoms with Crippen LogP contribution in [0, 0.1) is 5.82 Å². The quantitative estimate of drug-likeness (QED) is 0.848. The van der Waals surface area contributed by atoms with Crippen molar-refractivity contribution in [2.75, 3.05) is 29.9 Å². The van der Waals surface area contributed by atoms with Gasteiger partial charge in [0.15, 0.2) is 0 Å². The molecule has 2 aromatic carbocycles. The first kappa shape index (κ1) is 13.4. The molecule has 2 nitrogen and oxygen atoms in total. The van der Waals surface area contributed by atoms with Crippen molar-refractivity contribution >= 4 is 11.4 Å². The highest BCUT2D eigenvalue weighted by molar-refractivity contribution is 5.47. The van der Waals surface area contributed by atoms with Crippen LogP contribution in [-0.4, -0.2) is 19.6 Å². The summed E-state index contributed by atoms with van der Waals surface area (Å²) in [6.45, 7) is 4.76. The molecule has 0 saturated carbocycles. The van der Waals surface area contributed by atoms with Crippen molar-refractivity contribution in [2.24, 2.45) is 0 Å². The van der Waals surface area contributed by atoms with Crippen LogP contribution in [0.1, 0.15) is 6.92 Å². The van der Waals surface area contributed by atoms with Crippen molar-refractivity contribution in [3.8, 4) is 0 Å². The second-order valence-corrected chi connectivity index (χ2v) is 4.35. The molecule has 0 bridgehead atoms. The molecule has 100 valence electrons. The fourth-order valence-corrected chi connectivity index (χ4v) is 2.04. The van der Waals surface area contributed by atoms with E-state index in [9.17, 15) is 4.39 Å². The third-order valence-corrected chi connectivity index (χ3v) is 3.04. The van der Waals surface area contributed by atoms with Crippen LogP contribution in [0.2, 0.25) is 0 Å². The average molecular weight is 258 g/mol. The summed E-state index contributed by atoms with van der Waals surface area (Å²) < 4.78 is 13.0. The summed E-state index contributed by atoms with van der Waals surface area (Å²) in [7, 11) is 0. The number of hydrogen-bond donors (Lipinski definition) is 1. The predicted molar refractivity (Wildman–Crippen MR) is 79.2 cm³/mol. The number of nitrogens with zero attached hydrogens (tertiary/aromatic N) is 1. The first-order valence-corrected chi connectivity index (χ1v) is 6.59. The normalized spacial score (nSPS) is 10.2. The summed E-state index contributed by atoms with van der Waals surface area (Å²) in [5, 5.41) is 3.24. The van der Waals surface area contributed by atoms with E-state index in [1.165, 1.54) is 17.8 Å². The highest BCUT2D eigenvalue weighted by atomic mass is 19.1. The SMILES string of the molecule is CCN(CCNc1cccc(F)c1)c1ccccc1. The van der Waals surface area contributed by atoms with Crippen LogP contribution in [0.3, 0.4) is 0 Å². The van der Waals surface area contributed by atoms with Gasteiger partial charge in [0.1, 0.15) is 5.82 Å². The Kier molecular flexibility index (Phi) is 4.78. The van der Waals surface area contributed by atoms with Gasteiger partial charge in [-0.05, 0) is 37.3 Å². The maximum Gasteiger partial charge on any atom is 0.125 e. The molecule has 0 unspecified atom stereocenters. The van der Waals surface area contributed by atoms with Gasteiger partial charge in [-0.25, -0.2) is 4.39 Å². The third-order valence-electron chi connectivity index (χ3n) is 3.04. The Balaban J connectivity index is 1.87. The second-order valence-electron chi connectivity index (χ2n) is 4.35. The van der Waals surface area contributed by atoms with Crippen LogP contribution in [0.15, 0.2) is 54.6 Å². The summed E-state index contributed by atoms with van der Waals surface area (Å²) in [5.74, 6) is -0.208. The van der Waals surface area contributed by atoms with E-state index in [0.717, 1.165) is 25.3 Å². The number of rotatable bonds is 6. The Morgan fingerprint density at radius 3 is 2.53 bits per heavy atom. The van der Waals surface area contributed by atoms with Crippen LogP contribution in [0.25, 0.3) is 0 Å². The van der Waals surface area contributed by atoms with Gasteiger partial charge in [0.05, 0.1) is 0 Å². The molecular weight excluding hydrogens is 239 g/mol. The first-order valence-electron chi connectivity index (χ1n) is 6.59. The molecule has 2 rings (SSSR count). The van der Waals surface area contributed by atoms with Crippen molar-refractivity contribution in [1.82, 2.24) is 0 Å². The summed E-state index contributed by atoms with van der Waals surface area (Å²) in [5.41, 5.74) is 2.04. The van der Waals surface area contributed by atoms with Gasteiger partial charge >= 0.3 is 0 Å². The van der Waals surface area contributed by atoms with Gasteiger partial charge in [0.2, 0.25) is 0 Å². The van der Waals surface area contributed by atoms with Crippen molar-refractivity contribution in [2.45, 2.75) is 6.92 Å². The lowest BCUT2D eigenvalue weighted by Crippen LogP contribution is -2.28. The van der Waals surface area contributed by atoms with E-state index >= 15 is 0 Å². The highest BCUT2D eigenvalue weighted by Gasteiger charge is 2.02. The molecule has 0 aromatic heterocycles. The van der Waals surface area contributed by atoms with Gasteiger partial charge in [-0.3, -0.25) is 0 Å². The molecule has 19 heavy (non-hydrogen) atoms. The molecule has 0 heterocycles. The summed E-state index contributed by atoms with van der Waals surface area (Å²) in [6.07, 6.45) is 0. The number of hydrogen-bond acceptors (Lipinski definition) is 2. The Morgan fingerprint density at radius 2 is 1.84 bits per heavy atom. The number of benzene rings is 2. The van der Waals surface area contributed by atoms with Crippen molar-refractivity contribution in [3.63, 3.8) is 0 Å². The van der Waals surface area contributed by atoms with Crippen LogP contribution in [0.4, 0.5) is 15.8 Å². The van der Waals surface area contributed by atoms with Crippen molar-refractivity contribution < 1.29 is 4.39 Å². The molecule has 0 fully saturated rings. The highest BCUT2D eigenvalue weighted by Crippen LogP contribution is 2.13. The number of halogens is 1. The lowest BCUT2D eigenvalue weighted by Gasteiger charge is -2.23. The fraction of sp³-hybridized carbons (Fsp3) is 0.250. The molecule has 0 atom stereocenters. The summed E-state index contributed by atoms with van der Waals surface area (Å²) >= 11 is 0. The van der Waals surface area contributed by atoms with Crippen LogP contribution in [0.5, 0.6) is 0 Å². The number of likely N-dealkylation sites (N-methyl/N-ethyl adjacent to an activating group) is 1. The third kappa shape index (κ3) is 3.98. The Bertz CT molecular complexity index is 499. The molecule has 3 heteroatoms. The van der Waals surface area contributed by atoms with E-state index < -0.39 is 0 Å². The standard InChI is InChI=1S/C16H19FN2/c1-2-19(16-9-4-3-5-10-16)12-11-18-15-8-6-7-14(17)13-15/h3-10,13,18H,2,11-12H2,1H3. The van der Waals surface area contributed by atoms with Gasteiger partial charge in [-0.2, -0.15) is 0 Å². The lowest BCUT2D eigenvalue weighted by atomic mass is 10.3. The van der Waals surface area contributed by atoms with E-state index in [0.29, 0.717) is 0 Å². The molecule has 1 N–H and O–H groups in total. The Morgan fingerprint density at radius 1 is 1.05 bits per heavy atom. The molecule has 0 saturated heterocycles. The predicted octanol–water partition coefficient (Wildman–Crippen LogP) is 3.76. The minimum absolute atomic E-state index is 0.208. The maximum atomic E-state index is 13.0. The molecule has 0 radical (unpaired) electrons. The maximum absolute atomic E-state index is 13.0. The zero-order chi connectivity index (χ0) is 13.5. The van der Waals surface area contributed by atoms with E-state index in [4.69, 9.17) is 0 Å². The second kappa shape index (κ2) is 6.78. The number of anilines is 2. The zero-order valence-electron chi connectivity index (χ0n) is 11.1. The molecular formula is C16H19FN2. The van der Waals surface area contributed by atoms with Crippen LogP contribution < -0.4 is 10.2 Å². The van der Waals surface area contributed by atoms with E-state index in [1.54, 1.807) is 6.07 Å². The van der Waals surface area contributed by atoms with Crippen molar-refractivity contribution in [1.29, 1.82) is 0 Å². The first-order chi connectivity index (χ1) is 9.29. The number of para-hydroxylation sites is 1. The molecule has 0 amide bonds. The zero-order valence-corrected chi connectivity index (χ0v) is 11.1. The monoisotopic (exact) mass is 258 g/mol. The lowest BCUT2D eigenvalue weighted by molar-refractivity contribution is 0.628. The van der Waals surface area contributed by atoms with Crippen molar-refractivity contribution in [3.05, 3.63) is 60.4 Å². The van der Waals surface area contributed by atoms with Gasteiger partial charge in [-0.15, -0.1) is 0 Å². The molecule has 0 aliphatic heterocycles. The smallest absolute Gasteiger partial charge is 0.125 e. The van der Waals surface area contributed by atoms with Crippen LogP contribution >= 0.6 is 0 Å². The van der Waals surface area contributed by atoms with E-state index in [1.807, 2.05) is 24.3 Å². The van der Waals surface area contributed by atoms with Gasteiger partial charge in [0, 0.05) is 31.0 Å². The fourth-order valence-electron chi connectivity index (χ4n) is 2.04. The molecule has 0 spiro atoms. The van der Waals surface area contributed by atoms with Crippen LogP contribution in [-0.2, 0) is 0 Å². The summed E-state index contributed by atoms with van der Waals surface area (Å²) in [4.78, 5) is 2.28. The van der Waals surface area contributed by atoms with E-state index in [-0.39, 0.29) is 5.82 Å². The molecule has 0 aliphatic carbocycles. The Hall–Kier alpha value is -2.03. The van der Waals surface area contributed by atoms with Gasteiger partial charge in [-0.1, -0.05) is 24.3 Å². The van der Waals surface area contributed by atoms with Gasteiger partial charge in [0.25, 0.3) is 0 Å². The Labute approximate surface area is 113 Å². The molecule has 0 aliphatic rings. The minimum Gasteiger partial charge on any atom is -0.383 e. The topological polar surface area (TPSA) is 15.3 Å². The van der Waals surface area contributed by atoms with Gasteiger partial charge < -0.3 is 10.2 Å². The summed E-state index contributed by atoms with van der Waals surface area (Å²) in [6, 6.07) is 16.9. The molecule has 2 aromatic rings. The van der Waals surface area contributed by atoms with E-state index in [2.05, 4.69) is 29.3 Å².